The Morgan fingerprint density at radius 1 is 1.18 bits per heavy atom. The lowest BCUT2D eigenvalue weighted by molar-refractivity contribution is -0.125. The summed E-state index contributed by atoms with van der Waals surface area (Å²) in [7, 11) is -1.25. The van der Waals surface area contributed by atoms with Crippen molar-refractivity contribution in [2.75, 3.05) is 12.4 Å². The summed E-state index contributed by atoms with van der Waals surface area (Å²) < 4.78 is 17.0. The van der Waals surface area contributed by atoms with Crippen LogP contribution in [-0.2, 0) is 20.3 Å². The van der Waals surface area contributed by atoms with E-state index in [1.807, 2.05) is 13.8 Å². The third-order valence-corrected chi connectivity index (χ3v) is 4.67. The highest BCUT2D eigenvalue weighted by molar-refractivity contribution is 7.85. The molecule has 122 valence electrons. The molecule has 0 radical (unpaired) electrons. The molecule has 5 nitrogen and oxygen atoms in total. The van der Waals surface area contributed by atoms with Gasteiger partial charge in [-0.05, 0) is 25.0 Å². The second-order valence-electron chi connectivity index (χ2n) is 4.79. The molecule has 0 aliphatic carbocycles. The average Bonchev–Trinajstić information content (AvgIpc) is 2.56. The number of benzene rings is 1. The van der Waals surface area contributed by atoms with E-state index in [9.17, 15) is 13.8 Å². The molecule has 1 aromatic carbocycles. The van der Waals surface area contributed by atoms with E-state index >= 15 is 0 Å². The number of hydrogen-bond donors (Lipinski definition) is 1. The van der Waals surface area contributed by atoms with Gasteiger partial charge < -0.3 is 10.1 Å². The number of carbonyl (C=O) groups excluding carboxylic acids is 2. The van der Waals surface area contributed by atoms with Gasteiger partial charge in [0.1, 0.15) is 0 Å². The predicted octanol–water partition coefficient (Wildman–Crippen LogP) is 2.28. The van der Waals surface area contributed by atoms with Gasteiger partial charge in [-0.3, -0.25) is 9.00 Å². The minimum Gasteiger partial charge on any atom is -0.452 e. The summed E-state index contributed by atoms with van der Waals surface area (Å²) in [6, 6.07) is 6.69. The van der Waals surface area contributed by atoms with E-state index in [2.05, 4.69) is 5.32 Å². The van der Waals surface area contributed by atoms with E-state index in [1.165, 1.54) is 0 Å². The van der Waals surface area contributed by atoms with Crippen LogP contribution in [0.1, 0.15) is 44.0 Å². The minimum atomic E-state index is -1.25. The normalized spacial score (nSPS) is 12.0. The fourth-order valence-electron chi connectivity index (χ4n) is 1.96. The highest BCUT2D eigenvalue weighted by Gasteiger charge is 2.17. The van der Waals surface area contributed by atoms with E-state index in [4.69, 9.17) is 4.74 Å². The fraction of sp³-hybridized carbons (Fsp3) is 0.500. The lowest BCUT2D eigenvalue weighted by atomic mass is 10.2. The summed E-state index contributed by atoms with van der Waals surface area (Å²) in [5, 5.41) is 2.80. The van der Waals surface area contributed by atoms with Crippen LogP contribution in [-0.4, -0.2) is 34.5 Å². The highest BCUT2D eigenvalue weighted by atomic mass is 32.2. The first-order valence-electron chi connectivity index (χ1n) is 7.47. The fourth-order valence-corrected chi connectivity index (χ4v) is 2.90. The summed E-state index contributed by atoms with van der Waals surface area (Å²) >= 11 is 0. The first-order chi connectivity index (χ1) is 10.5. The summed E-state index contributed by atoms with van der Waals surface area (Å²) in [6.07, 6.45) is 1.66. The standard InChI is InChI=1S/C16H23NO4S/c1-4-12(5-2)17-15(18)11-21-16(19)13-9-7-8-10-14(13)22(20)6-3/h7-10,12H,4-6,11H2,1-3H3,(H,17,18). The number of carbonyl (C=O) groups is 2. The smallest absolute Gasteiger partial charge is 0.339 e. The van der Waals surface area contributed by atoms with Crippen molar-refractivity contribution in [3.8, 4) is 0 Å². The third-order valence-electron chi connectivity index (χ3n) is 3.30. The second-order valence-corrected chi connectivity index (χ2v) is 6.50. The Hall–Kier alpha value is -1.69. The number of esters is 1. The minimum absolute atomic E-state index is 0.0890. The molecule has 0 saturated heterocycles. The maximum Gasteiger partial charge on any atom is 0.339 e. The average molecular weight is 325 g/mol. The van der Waals surface area contributed by atoms with E-state index in [0.717, 1.165) is 12.8 Å². The molecule has 0 bridgehead atoms. The van der Waals surface area contributed by atoms with Gasteiger partial charge in [-0.1, -0.05) is 32.9 Å². The molecule has 0 aliphatic heterocycles. The molecular formula is C16H23NO4S. The summed E-state index contributed by atoms with van der Waals surface area (Å²) in [5.74, 6) is -0.535. The monoisotopic (exact) mass is 325 g/mol. The van der Waals surface area contributed by atoms with E-state index in [0.29, 0.717) is 10.6 Å². The van der Waals surface area contributed by atoms with Crippen LogP contribution in [0.2, 0.25) is 0 Å². The number of amides is 1. The van der Waals surface area contributed by atoms with E-state index < -0.39 is 16.8 Å². The molecule has 1 unspecified atom stereocenters. The Morgan fingerprint density at radius 3 is 2.41 bits per heavy atom. The van der Waals surface area contributed by atoms with Crippen molar-refractivity contribution in [2.45, 2.75) is 44.6 Å². The van der Waals surface area contributed by atoms with Gasteiger partial charge in [0.2, 0.25) is 0 Å². The summed E-state index contributed by atoms with van der Waals surface area (Å²) in [5.41, 5.74) is 0.248. The first-order valence-corrected chi connectivity index (χ1v) is 8.79. The quantitative estimate of drug-likeness (QED) is 0.744. The number of nitrogens with one attached hydrogen (secondary N) is 1. The van der Waals surface area contributed by atoms with Crippen molar-refractivity contribution in [1.29, 1.82) is 0 Å². The SMILES string of the molecule is CCC(CC)NC(=O)COC(=O)c1ccccc1S(=O)CC. The van der Waals surface area contributed by atoms with Gasteiger partial charge in [-0.15, -0.1) is 0 Å². The highest BCUT2D eigenvalue weighted by Crippen LogP contribution is 2.15. The second kappa shape index (κ2) is 9.35. The van der Waals surface area contributed by atoms with Crippen LogP contribution in [0.5, 0.6) is 0 Å². The topological polar surface area (TPSA) is 72.5 Å². The van der Waals surface area contributed by atoms with Crippen molar-refractivity contribution in [2.24, 2.45) is 0 Å². The molecule has 0 heterocycles. The van der Waals surface area contributed by atoms with Crippen molar-refractivity contribution < 1.29 is 18.5 Å². The molecule has 1 rings (SSSR count). The number of rotatable bonds is 8. The van der Waals surface area contributed by atoms with Gasteiger partial charge in [-0.25, -0.2) is 4.79 Å². The van der Waals surface area contributed by atoms with Crippen LogP contribution in [0.3, 0.4) is 0 Å². The predicted molar refractivity (Wildman–Crippen MR) is 86.2 cm³/mol. The van der Waals surface area contributed by atoms with Crippen LogP contribution < -0.4 is 5.32 Å². The third kappa shape index (κ3) is 5.26. The van der Waals surface area contributed by atoms with Crippen LogP contribution in [0, 0.1) is 0 Å². The van der Waals surface area contributed by atoms with Gasteiger partial charge in [0.05, 0.1) is 21.3 Å². The van der Waals surface area contributed by atoms with E-state index in [-0.39, 0.29) is 24.1 Å². The lowest BCUT2D eigenvalue weighted by Gasteiger charge is -2.14. The zero-order chi connectivity index (χ0) is 16.5. The van der Waals surface area contributed by atoms with Gasteiger partial charge in [0.15, 0.2) is 6.61 Å². The maximum atomic E-state index is 12.1. The lowest BCUT2D eigenvalue weighted by Crippen LogP contribution is -2.36. The Labute approximate surface area is 133 Å². The van der Waals surface area contributed by atoms with Gasteiger partial charge in [0, 0.05) is 11.8 Å². The Balaban J connectivity index is 2.67. The van der Waals surface area contributed by atoms with Crippen molar-refractivity contribution in [3.63, 3.8) is 0 Å². The van der Waals surface area contributed by atoms with Crippen LogP contribution in [0.25, 0.3) is 0 Å². The van der Waals surface area contributed by atoms with Crippen LogP contribution in [0.4, 0.5) is 0 Å². The Bertz CT molecular complexity index is 541. The molecule has 0 aliphatic rings. The number of hydrogen-bond acceptors (Lipinski definition) is 4. The van der Waals surface area contributed by atoms with Crippen molar-refractivity contribution >= 4 is 22.7 Å². The van der Waals surface area contributed by atoms with Crippen LogP contribution in [0.15, 0.2) is 29.2 Å². The first kappa shape index (κ1) is 18.4. The van der Waals surface area contributed by atoms with Gasteiger partial charge in [-0.2, -0.15) is 0 Å². The molecule has 1 N–H and O–H groups in total. The maximum absolute atomic E-state index is 12.1. The van der Waals surface area contributed by atoms with Crippen molar-refractivity contribution in [1.82, 2.24) is 5.32 Å². The van der Waals surface area contributed by atoms with Crippen molar-refractivity contribution in [3.05, 3.63) is 29.8 Å². The summed E-state index contributed by atoms with van der Waals surface area (Å²) in [4.78, 5) is 24.3. The number of ether oxygens (including phenoxy) is 1. The largest absolute Gasteiger partial charge is 0.452 e. The molecule has 0 spiro atoms. The molecule has 0 saturated carbocycles. The zero-order valence-corrected chi connectivity index (χ0v) is 14.1. The van der Waals surface area contributed by atoms with Gasteiger partial charge >= 0.3 is 5.97 Å². The Morgan fingerprint density at radius 2 is 1.82 bits per heavy atom. The van der Waals surface area contributed by atoms with Gasteiger partial charge in [0.25, 0.3) is 5.91 Å². The molecule has 0 fully saturated rings. The molecule has 6 heteroatoms. The molecule has 1 aromatic rings. The van der Waals surface area contributed by atoms with E-state index in [1.54, 1.807) is 31.2 Å². The molecule has 0 aromatic heterocycles. The molecule has 1 amide bonds. The molecular weight excluding hydrogens is 302 g/mol. The van der Waals surface area contributed by atoms with Crippen LogP contribution >= 0.6 is 0 Å². The zero-order valence-electron chi connectivity index (χ0n) is 13.3. The Kier molecular flexibility index (Phi) is 7.80. The molecule has 22 heavy (non-hydrogen) atoms. The molecule has 1 atom stereocenters. The summed E-state index contributed by atoms with van der Waals surface area (Å²) in [6.45, 7) is 5.41.